The van der Waals surface area contributed by atoms with Crippen molar-refractivity contribution < 1.29 is 22.8 Å². The van der Waals surface area contributed by atoms with Crippen LogP contribution in [0.1, 0.15) is 11.3 Å². The third-order valence-corrected chi connectivity index (χ3v) is 4.97. The fourth-order valence-electron chi connectivity index (χ4n) is 2.88. The molecule has 1 N–H and O–H groups in total. The van der Waals surface area contributed by atoms with Crippen molar-refractivity contribution in [1.29, 1.82) is 0 Å². The smallest absolute Gasteiger partial charge is 0.315 e. The summed E-state index contributed by atoms with van der Waals surface area (Å²) in [4.78, 5) is 26.1. The van der Waals surface area contributed by atoms with Gasteiger partial charge in [-0.3, -0.25) is 19.8 Å². The van der Waals surface area contributed by atoms with Crippen LogP contribution in [0.15, 0.2) is 48.7 Å². The third-order valence-electron chi connectivity index (χ3n) is 4.14. The molecule has 0 unspecified atom stereocenters. The van der Waals surface area contributed by atoms with Crippen molar-refractivity contribution >= 4 is 58.4 Å². The van der Waals surface area contributed by atoms with E-state index in [9.17, 15) is 22.8 Å². The molecule has 0 aliphatic carbocycles. The van der Waals surface area contributed by atoms with Crippen LogP contribution in [0.3, 0.4) is 0 Å². The third kappa shape index (κ3) is 4.14. The average Bonchev–Trinajstić information content (AvgIpc) is 3.08. The lowest BCUT2D eigenvalue weighted by molar-refractivity contribution is -0.137. The highest BCUT2D eigenvalue weighted by atomic mass is 35.5. The molecule has 156 valence electrons. The Morgan fingerprint density at radius 3 is 2.57 bits per heavy atom. The van der Waals surface area contributed by atoms with Crippen LogP contribution in [0.25, 0.3) is 11.8 Å². The first-order chi connectivity index (χ1) is 14.0. The van der Waals surface area contributed by atoms with Gasteiger partial charge in [0.1, 0.15) is 5.57 Å². The molecule has 1 aromatic heterocycles. The number of nitrogens with one attached hydrogen (secondary N) is 1. The molecule has 0 radical (unpaired) electrons. The molecule has 1 fully saturated rings. The maximum atomic E-state index is 13.6. The zero-order valence-corrected chi connectivity index (χ0v) is 17.3. The lowest BCUT2D eigenvalue weighted by atomic mass is 10.1. The maximum absolute atomic E-state index is 13.6. The number of benzene rings is 1. The van der Waals surface area contributed by atoms with E-state index in [1.54, 1.807) is 0 Å². The van der Waals surface area contributed by atoms with Gasteiger partial charge in [-0.1, -0.05) is 29.3 Å². The van der Waals surface area contributed by atoms with Crippen molar-refractivity contribution in [3.63, 3.8) is 0 Å². The predicted octanol–water partition coefficient (Wildman–Crippen LogP) is 4.62. The highest BCUT2D eigenvalue weighted by Crippen LogP contribution is 2.40. The van der Waals surface area contributed by atoms with Gasteiger partial charge >= 0.3 is 6.18 Å². The molecular weight excluding hydrogens is 462 g/mol. The zero-order chi connectivity index (χ0) is 22.2. The van der Waals surface area contributed by atoms with Gasteiger partial charge in [0.2, 0.25) is 0 Å². The minimum Gasteiger partial charge on any atom is -0.315 e. The van der Waals surface area contributed by atoms with Gasteiger partial charge < -0.3 is 4.57 Å². The summed E-state index contributed by atoms with van der Waals surface area (Å²) in [5.74, 6) is -1.47. The number of rotatable bonds is 4. The second-order valence-corrected chi connectivity index (χ2v) is 7.34. The number of amides is 2. The highest BCUT2D eigenvalue weighted by molar-refractivity contribution is 7.80. The molecule has 3 rings (SSSR count). The molecule has 1 aliphatic rings. The normalized spacial score (nSPS) is 16.2. The fraction of sp³-hybridized carbons (Fsp3) is 0.105. The Labute approximate surface area is 184 Å². The second kappa shape index (κ2) is 8.25. The molecule has 2 heterocycles. The van der Waals surface area contributed by atoms with Crippen LogP contribution in [-0.2, 0) is 15.8 Å². The van der Waals surface area contributed by atoms with Gasteiger partial charge in [0.25, 0.3) is 11.8 Å². The predicted molar refractivity (Wildman–Crippen MR) is 111 cm³/mol. The molecule has 11 heteroatoms. The molecule has 1 aromatic carbocycles. The van der Waals surface area contributed by atoms with Crippen molar-refractivity contribution in [1.82, 2.24) is 14.8 Å². The van der Waals surface area contributed by atoms with Crippen LogP contribution in [0.4, 0.5) is 13.2 Å². The molecule has 5 nitrogen and oxygen atoms in total. The van der Waals surface area contributed by atoms with E-state index in [-0.39, 0.29) is 38.7 Å². The Morgan fingerprint density at radius 1 is 1.23 bits per heavy atom. The average molecular weight is 474 g/mol. The number of carbonyl (C=O) groups is 2. The van der Waals surface area contributed by atoms with Crippen LogP contribution in [-0.4, -0.2) is 32.9 Å². The Bertz CT molecular complexity index is 1110. The fourth-order valence-corrected chi connectivity index (χ4v) is 3.71. The van der Waals surface area contributed by atoms with Gasteiger partial charge in [0, 0.05) is 23.5 Å². The second-order valence-electron chi connectivity index (χ2n) is 6.11. The van der Waals surface area contributed by atoms with Crippen LogP contribution < -0.4 is 5.32 Å². The number of hydrogen-bond donors (Lipinski definition) is 1. The van der Waals surface area contributed by atoms with Crippen molar-refractivity contribution in [3.8, 4) is 5.69 Å². The van der Waals surface area contributed by atoms with Crippen LogP contribution in [0.2, 0.25) is 10.0 Å². The number of alkyl halides is 3. The summed E-state index contributed by atoms with van der Waals surface area (Å²) in [6, 6.07) is 4.81. The first-order valence-electron chi connectivity index (χ1n) is 8.28. The summed E-state index contributed by atoms with van der Waals surface area (Å²) < 4.78 is 41.9. The van der Waals surface area contributed by atoms with Crippen molar-refractivity contribution in [3.05, 3.63) is 70.0 Å². The van der Waals surface area contributed by atoms with Crippen molar-refractivity contribution in [2.45, 2.75) is 6.18 Å². The van der Waals surface area contributed by atoms with E-state index >= 15 is 0 Å². The van der Waals surface area contributed by atoms with E-state index in [0.717, 1.165) is 15.5 Å². The number of halogens is 5. The van der Waals surface area contributed by atoms with E-state index < -0.39 is 23.6 Å². The van der Waals surface area contributed by atoms with E-state index in [4.69, 9.17) is 35.4 Å². The van der Waals surface area contributed by atoms with Crippen molar-refractivity contribution in [2.24, 2.45) is 0 Å². The monoisotopic (exact) mass is 473 g/mol. The largest absolute Gasteiger partial charge is 0.418 e. The van der Waals surface area contributed by atoms with Gasteiger partial charge in [0.05, 0.1) is 16.3 Å². The molecule has 2 amide bonds. The quantitative estimate of drug-likeness (QED) is 0.305. The molecule has 0 spiro atoms. The molecule has 30 heavy (non-hydrogen) atoms. The number of thiocarbonyl (C=S) groups is 1. The molecule has 2 aromatic rings. The standard InChI is InChI=1S/C19H12Cl2F3N3O2S/c1-2-5-27-17(29)12(16(28)25-18(27)30)9-11-4-3-6-26(11)15-13(19(22,23)24)7-10(20)8-14(15)21/h2-4,6-9H,1,5H2,(H,25,28,30). The summed E-state index contributed by atoms with van der Waals surface area (Å²) >= 11 is 16.8. The van der Waals surface area contributed by atoms with Crippen LogP contribution >= 0.6 is 35.4 Å². The minimum absolute atomic E-state index is 0.0531. The van der Waals surface area contributed by atoms with E-state index in [2.05, 4.69) is 11.9 Å². The maximum Gasteiger partial charge on any atom is 0.418 e. The summed E-state index contributed by atoms with van der Waals surface area (Å²) in [6.07, 6.45) is -0.830. The number of hydrogen-bond acceptors (Lipinski definition) is 3. The Balaban J connectivity index is 2.16. The zero-order valence-electron chi connectivity index (χ0n) is 15.0. The van der Waals surface area contributed by atoms with Gasteiger partial charge in [-0.15, -0.1) is 6.58 Å². The highest BCUT2D eigenvalue weighted by Gasteiger charge is 2.36. The summed E-state index contributed by atoms with van der Waals surface area (Å²) in [7, 11) is 0. The molecule has 0 saturated carbocycles. The summed E-state index contributed by atoms with van der Waals surface area (Å²) in [6.45, 7) is 3.58. The number of nitrogens with zero attached hydrogens (tertiary/aromatic N) is 2. The molecule has 0 bridgehead atoms. The SMILES string of the molecule is C=CCN1C(=O)C(=Cc2cccn2-c2c(Cl)cc(Cl)cc2C(F)(F)F)C(=O)NC1=S. The number of carbonyl (C=O) groups excluding carboxylic acids is 2. The Hall–Kier alpha value is -2.62. The summed E-state index contributed by atoms with van der Waals surface area (Å²) in [5, 5.41) is 1.85. The Kier molecular flexibility index (Phi) is 6.07. The molecule has 1 saturated heterocycles. The summed E-state index contributed by atoms with van der Waals surface area (Å²) in [5.41, 5.74) is -1.63. The topological polar surface area (TPSA) is 54.3 Å². The van der Waals surface area contributed by atoms with Gasteiger partial charge in [-0.2, -0.15) is 13.2 Å². The van der Waals surface area contributed by atoms with Gasteiger partial charge in [0.15, 0.2) is 5.11 Å². The lowest BCUT2D eigenvalue weighted by Crippen LogP contribution is -2.53. The Morgan fingerprint density at radius 2 is 1.93 bits per heavy atom. The molecule has 0 atom stereocenters. The lowest BCUT2D eigenvalue weighted by Gasteiger charge is -2.27. The van der Waals surface area contributed by atoms with E-state index in [1.165, 1.54) is 36.5 Å². The van der Waals surface area contributed by atoms with E-state index in [1.807, 2.05) is 0 Å². The van der Waals surface area contributed by atoms with E-state index in [0.29, 0.717) is 0 Å². The number of aromatic nitrogens is 1. The van der Waals surface area contributed by atoms with Crippen LogP contribution in [0.5, 0.6) is 0 Å². The first-order valence-corrected chi connectivity index (χ1v) is 9.44. The van der Waals surface area contributed by atoms with Crippen LogP contribution in [0, 0.1) is 0 Å². The minimum atomic E-state index is -4.75. The van der Waals surface area contributed by atoms with Gasteiger partial charge in [-0.05, 0) is 42.6 Å². The van der Waals surface area contributed by atoms with Gasteiger partial charge in [-0.25, -0.2) is 0 Å². The molecular formula is C19H12Cl2F3N3O2S. The first kappa shape index (κ1) is 22.1. The van der Waals surface area contributed by atoms with Crippen molar-refractivity contribution in [2.75, 3.05) is 6.54 Å². The molecule has 1 aliphatic heterocycles.